The number of likely N-dealkylation sites (N-methyl/N-ethyl adjacent to an activating group) is 1. The zero-order valence-corrected chi connectivity index (χ0v) is 11.5. The average Bonchev–Trinajstić information content (AvgIpc) is 2.40. The SMILES string of the molecule is COCCOCCn1ncc(N(C)CCN)cc1=O. The molecule has 1 aromatic rings. The Morgan fingerprint density at radius 3 is 2.84 bits per heavy atom. The predicted molar refractivity (Wildman–Crippen MR) is 73.5 cm³/mol. The van der Waals surface area contributed by atoms with Crippen molar-refractivity contribution in [3.05, 3.63) is 22.6 Å². The number of anilines is 1. The van der Waals surface area contributed by atoms with Gasteiger partial charge in [0.2, 0.25) is 0 Å². The first-order chi connectivity index (χ1) is 9.19. The molecule has 0 fully saturated rings. The highest BCUT2D eigenvalue weighted by Gasteiger charge is 2.04. The molecule has 19 heavy (non-hydrogen) atoms. The molecule has 2 N–H and O–H groups in total. The van der Waals surface area contributed by atoms with E-state index in [1.165, 1.54) is 4.68 Å². The monoisotopic (exact) mass is 270 g/mol. The second-order valence-corrected chi connectivity index (χ2v) is 4.09. The fourth-order valence-electron chi connectivity index (χ4n) is 1.52. The summed E-state index contributed by atoms with van der Waals surface area (Å²) in [6.07, 6.45) is 1.66. The maximum Gasteiger partial charge on any atom is 0.268 e. The molecule has 0 radical (unpaired) electrons. The molecule has 0 saturated carbocycles. The van der Waals surface area contributed by atoms with Gasteiger partial charge in [0.15, 0.2) is 0 Å². The van der Waals surface area contributed by atoms with Gasteiger partial charge in [-0.2, -0.15) is 5.10 Å². The normalized spacial score (nSPS) is 10.7. The smallest absolute Gasteiger partial charge is 0.268 e. The topological polar surface area (TPSA) is 82.6 Å². The lowest BCUT2D eigenvalue weighted by atomic mass is 10.4. The van der Waals surface area contributed by atoms with E-state index in [0.29, 0.717) is 39.5 Å². The molecule has 0 aliphatic rings. The van der Waals surface area contributed by atoms with Crippen LogP contribution in [0.2, 0.25) is 0 Å². The first-order valence-electron chi connectivity index (χ1n) is 6.24. The number of aromatic nitrogens is 2. The van der Waals surface area contributed by atoms with Crippen molar-refractivity contribution in [2.75, 3.05) is 52.0 Å². The lowest BCUT2D eigenvalue weighted by Gasteiger charge is -2.17. The Hall–Kier alpha value is -1.44. The second-order valence-electron chi connectivity index (χ2n) is 4.09. The number of hydrogen-bond donors (Lipinski definition) is 1. The molecular formula is C12H22N4O3. The van der Waals surface area contributed by atoms with Crippen LogP contribution in [0.5, 0.6) is 0 Å². The summed E-state index contributed by atoms with van der Waals surface area (Å²) in [5, 5.41) is 4.11. The highest BCUT2D eigenvalue weighted by Crippen LogP contribution is 2.05. The van der Waals surface area contributed by atoms with Crippen molar-refractivity contribution < 1.29 is 9.47 Å². The average molecular weight is 270 g/mol. The van der Waals surface area contributed by atoms with E-state index in [1.807, 2.05) is 11.9 Å². The number of nitrogens with zero attached hydrogens (tertiary/aromatic N) is 3. The number of ether oxygens (including phenoxy) is 2. The Balaban J connectivity index is 2.50. The number of methoxy groups -OCH3 is 1. The molecule has 1 aromatic heterocycles. The molecule has 0 aliphatic heterocycles. The third-order valence-corrected chi connectivity index (χ3v) is 2.64. The van der Waals surface area contributed by atoms with Crippen molar-refractivity contribution >= 4 is 5.69 Å². The Morgan fingerprint density at radius 2 is 2.21 bits per heavy atom. The van der Waals surface area contributed by atoms with Gasteiger partial charge in [-0.25, -0.2) is 4.68 Å². The van der Waals surface area contributed by atoms with Crippen LogP contribution in [0.25, 0.3) is 0 Å². The fourth-order valence-corrected chi connectivity index (χ4v) is 1.52. The van der Waals surface area contributed by atoms with Crippen LogP contribution < -0.4 is 16.2 Å². The van der Waals surface area contributed by atoms with E-state index in [2.05, 4.69) is 5.10 Å². The van der Waals surface area contributed by atoms with Gasteiger partial charge >= 0.3 is 0 Å². The summed E-state index contributed by atoms with van der Waals surface area (Å²) in [7, 11) is 3.49. The molecule has 0 bridgehead atoms. The van der Waals surface area contributed by atoms with Crippen molar-refractivity contribution in [2.24, 2.45) is 5.73 Å². The zero-order chi connectivity index (χ0) is 14.1. The molecule has 108 valence electrons. The van der Waals surface area contributed by atoms with Gasteiger partial charge < -0.3 is 20.1 Å². The second kappa shape index (κ2) is 8.63. The summed E-state index contributed by atoms with van der Waals surface area (Å²) in [6, 6.07) is 1.55. The molecule has 0 saturated heterocycles. The predicted octanol–water partition coefficient (Wildman–Crippen LogP) is -0.699. The third kappa shape index (κ3) is 5.37. The lowest BCUT2D eigenvalue weighted by Crippen LogP contribution is -2.29. The maximum absolute atomic E-state index is 11.8. The standard InChI is InChI=1S/C12H22N4O3/c1-15(4-3-13)11-9-12(17)16(14-10-11)5-6-19-8-7-18-2/h9-10H,3-8,13H2,1-2H3. The molecule has 0 spiro atoms. The van der Waals surface area contributed by atoms with E-state index in [4.69, 9.17) is 15.2 Å². The largest absolute Gasteiger partial charge is 0.382 e. The van der Waals surface area contributed by atoms with E-state index >= 15 is 0 Å². The summed E-state index contributed by atoms with van der Waals surface area (Å²) in [5.41, 5.74) is 6.10. The van der Waals surface area contributed by atoms with Gasteiger partial charge in [0.25, 0.3) is 5.56 Å². The van der Waals surface area contributed by atoms with E-state index in [-0.39, 0.29) is 5.56 Å². The Morgan fingerprint density at radius 1 is 1.42 bits per heavy atom. The first kappa shape index (κ1) is 15.6. The Labute approximate surface area is 112 Å². The van der Waals surface area contributed by atoms with Crippen LogP contribution in [-0.2, 0) is 16.0 Å². The van der Waals surface area contributed by atoms with Gasteiger partial charge in [0.05, 0.1) is 38.2 Å². The zero-order valence-electron chi connectivity index (χ0n) is 11.5. The minimum Gasteiger partial charge on any atom is -0.382 e. The molecule has 0 aliphatic carbocycles. The van der Waals surface area contributed by atoms with Gasteiger partial charge in [-0.15, -0.1) is 0 Å². The first-order valence-corrected chi connectivity index (χ1v) is 6.24. The van der Waals surface area contributed by atoms with Crippen LogP contribution in [-0.4, -0.2) is 56.8 Å². The molecule has 1 heterocycles. The summed E-state index contributed by atoms with van der Waals surface area (Å²) >= 11 is 0. The Bertz CT molecular complexity index is 422. The van der Waals surface area contributed by atoms with Crippen LogP contribution in [0.1, 0.15) is 0 Å². The Kier molecular flexibility index (Phi) is 7.09. The van der Waals surface area contributed by atoms with E-state index in [1.54, 1.807) is 19.4 Å². The minimum absolute atomic E-state index is 0.142. The number of rotatable bonds is 9. The highest BCUT2D eigenvalue weighted by atomic mass is 16.5. The molecule has 7 heteroatoms. The molecular weight excluding hydrogens is 248 g/mol. The van der Waals surface area contributed by atoms with Gasteiger partial charge in [0.1, 0.15) is 0 Å². The van der Waals surface area contributed by atoms with Gasteiger partial charge in [-0.3, -0.25) is 4.79 Å². The van der Waals surface area contributed by atoms with E-state index in [0.717, 1.165) is 5.69 Å². The summed E-state index contributed by atoms with van der Waals surface area (Å²) in [4.78, 5) is 13.7. The molecule has 1 rings (SSSR count). The lowest BCUT2D eigenvalue weighted by molar-refractivity contribution is 0.0649. The van der Waals surface area contributed by atoms with E-state index in [9.17, 15) is 4.79 Å². The van der Waals surface area contributed by atoms with Crippen LogP contribution in [0.3, 0.4) is 0 Å². The van der Waals surface area contributed by atoms with Crippen molar-refractivity contribution in [3.8, 4) is 0 Å². The molecule has 0 aromatic carbocycles. The van der Waals surface area contributed by atoms with Crippen molar-refractivity contribution in [3.63, 3.8) is 0 Å². The van der Waals surface area contributed by atoms with Gasteiger partial charge in [-0.1, -0.05) is 0 Å². The van der Waals surface area contributed by atoms with Gasteiger partial charge in [-0.05, 0) is 0 Å². The molecule has 0 atom stereocenters. The summed E-state index contributed by atoms with van der Waals surface area (Å²) < 4.78 is 11.5. The highest BCUT2D eigenvalue weighted by molar-refractivity contribution is 5.41. The third-order valence-electron chi connectivity index (χ3n) is 2.64. The van der Waals surface area contributed by atoms with Crippen molar-refractivity contribution in [2.45, 2.75) is 6.54 Å². The molecule has 0 amide bonds. The van der Waals surface area contributed by atoms with Gasteiger partial charge in [0, 0.05) is 33.3 Å². The summed E-state index contributed by atoms with van der Waals surface area (Å²) in [6.45, 7) is 3.16. The van der Waals surface area contributed by atoms with Crippen LogP contribution in [0.15, 0.2) is 17.1 Å². The van der Waals surface area contributed by atoms with Crippen molar-refractivity contribution in [1.82, 2.24) is 9.78 Å². The summed E-state index contributed by atoms with van der Waals surface area (Å²) in [5.74, 6) is 0. The minimum atomic E-state index is -0.142. The molecule has 0 unspecified atom stereocenters. The van der Waals surface area contributed by atoms with Crippen LogP contribution >= 0.6 is 0 Å². The molecule has 7 nitrogen and oxygen atoms in total. The number of hydrogen-bond acceptors (Lipinski definition) is 6. The maximum atomic E-state index is 11.8. The van der Waals surface area contributed by atoms with Crippen LogP contribution in [0.4, 0.5) is 5.69 Å². The van der Waals surface area contributed by atoms with E-state index < -0.39 is 0 Å². The quantitative estimate of drug-likeness (QED) is 0.598. The number of nitrogens with two attached hydrogens (primary N) is 1. The van der Waals surface area contributed by atoms with Crippen molar-refractivity contribution in [1.29, 1.82) is 0 Å². The van der Waals surface area contributed by atoms with Crippen LogP contribution in [0, 0.1) is 0 Å². The fraction of sp³-hybridized carbons (Fsp3) is 0.667.